The van der Waals surface area contributed by atoms with E-state index in [0.29, 0.717) is 12.2 Å². The molecule has 2 N–H and O–H groups in total. The van der Waals surface area contributed by atoms with E-state index in [0.717, 1.165) is 17.7 Å². The summed E-state index contributed by atoms with van der Waals surface area (Å²) in [6.07, 6.45) is 0.943. The molecule has 3 rings (SSSR count). The minimum absolute atomic E-state index is 0.0233. The van der Waals surface area contributed by atoms with E-state index in [-0.39, 0.29) is 37.5 Å². The van der Waals surface area contributed by atoms with Crippen molar-refractivity contribution in [1.29, 1.82) is 0 Å². The summed E-state index contributed by atoms with van der Waals surface area (Å²) in [5.41, 5.74) is 8.47. The van der Waals surface area contributed by atoms with Crippen molar-refractivity contribution in [3.05, 3.63) is 23.8 Å². The molecule has 20 heavy (non-hydrogen) atoms. The van der Waals surface area contributed by atoms with Gasteiger partial charge < -0.3 is 10.6 Å². The Balaban J connectivity index is 1.76. The van der Waals surface area contributed by atoms with Gasteiger partial charge in [-0.05, 0) is 31.4 Å². The number of fused-ring (bicyclic) bond motifs is 1. The van der Waals surface area contributed by atoms with Gasteiger partial charge in [0.15, 0.2) is 0 Å². The zero-order valence-electron chi connectivity index (χ0n) is 11.2. The van der Waals surface area contributed by atoms with Crippen LogP contribution in [-0.2, 0) is 11.2 Å². The van der Waals surface area contributed by atoms with Crippen molar-refractivity contribution in [3.63, 3.8) is 0 Å². The highest BCUT2D eigenvalue weighted by Gasteiger charge is 2.39. The second-order valence-electron chi connectivity index (χ2n) is 5.72. The quantitative estimate of drug-likeness (QED) is 0.804. The first kappa shape index (κ1) is 13.3. The molecule has 1 fully saturated rings. The van der Waals surface area contributed by atoms with E-state index in [2.05, 4.69) is 0 Å². The monoisotopic (exact) mass is 280 g/mol. The molecule has 1 aromatic carbocycles. The molecule has 0 atom stereocenters. The van der Waals surface area contributed by atoms with Crippen molar-refractivity contribution in [1.82, 2.24) is 0 Å². The lowest BCUT2D eigenvalue weighted by Crippen LogP contribution is -2.38. The molecule has 1 saturated carbocycles. The van der Waals surface area contributed by atoms with E-state index in [1.54, 1.807) is 4.90 Å². The highest BCUT2D eigenvalue weighted by Crippen LogP contribution is 2.39. The highest BCUT2D eigenvalue weighted by molar-refractivity contribution is 5.98. The fraction of sp³-hybridized carbons (Fsp3) is 0.533. The summed E-state index contributed by atoms with van der Waals surface area (Å²) in [5.74, 6) is -2.89. The predicted molar refractivity (Wildman–Crippen MR) is 73.8 cm³/mol. The van der Waals surface area contributed by atoms with Crippen molar-refractivity contribution >= 4 is 17.3 Å². The Labute approximate surface area is 116 Å². The largest absolute Gasteiger partial charge is 0.398 e. The van der Waals surface area contributed by atoms with Crippen LogP contribution >= 0.6 is 0 Å². The number of rotatable bonds is 1. The number of hydrogen-bond acceptors (Lipinski definition) is 2. The van der Waals surface area contributed by atoms with E-state index in [1.165, 1.54) is 0 Å². The van der Waals surface area contributed by atoms with E-state index in [4.69, 9.17) is 5.73 Å². The van der Waals surface area contributed by atoms with Crippen LogP contribution in [0.1, 0.15) is 31.2 Å². The number of amides is 1. The summed E-state index contributed by atoms with van der Waals surface area (Å²) >= 11 is 0. The van der Waals surface area contributed by atoms with Gasteiger partial charge in [-0.2, -0.15) is 0 Å². The third-order valence-corrected chi connectivity index (χ3v) is 4.40. The molecule has 0 aromatic heterocycles. The topological polar surface area (TPSA) is 46.3 Å². The van der Waals surface area contributed by atoms with Crippen molar-refractivity contribution < 1.29 is 13.6 Å². The molecule has 0 unspecified atom stereocenters. The molecule has 0 radical (unpaired) electrons. The summed E-state index contributed by atoms with van der Waals surface area (Å²) in [4.78, 5) is 14.2. The van der Waals surface area contributed by atoms with Gasteiger partial charge in [-0.3, -0.25) is 4.79 Å². The number of nitrogens with zero attached hydrogens (tertiary/aromatic N) is 1. The molecule has 1 amide bonds. The maximum atomic E-state index is 13.2. The van der Waals surface area contributed by atoms with E-state index >= 15 is 0 Å². The summed E-state index contributed by atoms with van der Waals surface area (Å²) in [6, 6.07) is 5.54. The minimum Gasteiger partial charge on any atom is -0.398 e. The molecular weight excluding hydrogens is 262 g/mol. The number of carbonyl (C=O) groups excluding carboxylic acids is 1. The number of benzene rings is 1. The van der Waals surface area contributed by atoms with Gasteiger partial charge in [-0.1, -0.05) is 6.07 Å². The lowest BCUT2D eigenvalue weighted by atomic mass is 9.86. The lowest BCUT2D eigenvalue weighted by Gasteiger charge is -2.30. The summed E-state index contributed by atoms with van der Waals surface area (Å²) in [7, 11) is 0. The molecule has 108 valence electrons. The molecule has 0 saturated heterocycles. The van der Waals surface area contributed by atoms with Crippen molar-refractivity contribution in [2.45, 2.75) is 38.0 Å². The smallest absolute Gasteiger partial charge is 0.248 e. The van der Waals surface area contributed by atoms with Crippen LogP contribution in [-0.4, -0.2) is 18.4 Å². The Hall–Kier alpha value is -1.65. The van der Waals surface area contributed by atoms with Crippen LogP contribution in [0.25, 0.3) is 0 Å². The SMILES string of the molecule is Nc1cccc2c1CCN2C(=O)C1CCC(F)(F)CC1. The molecule has 5 heteroatoms. The first-order valence-corrected chi connectivity index (χ1v) is 7.04. The van der Waals surface area contributed by atoms with E-state index < -0.39 is 5.92 Å². The van der Waals surface area contributed by atoms with Crippen LogP contribution in [0.5, 0.6) is 0 Å². The first-order chi connectivity index (χ1) is 9.48. The van der Waals surface area contributed by atoms with Crippen LogP contribution in [0, 0.1) is 5.92 Å². The Bertz CT molecular complexity index is 535. The van der Waals surface area contributed by atoms with Crippen molar-refractivity contribution in [2.24, 2.45) is 5.92 Å². The normalized spacial score (nSPS) is 21.8. The van der Waals surface area contributed by atoms with Gasteiger partial charge in [0, 0.05) is 42.2 Å². The molecule has 2 aliphatic rings. The second kappa shape index (κ2) is 4.72. The standard InChI is InChI=1S/C15H18F2N2O/c16-15(17)7-4-10(5-8-15)14(20)19-9-6-11-12(18)2-1-3-13(11)19/h1-3,10H,4-9,18H2. The van der Waals surface area contributed by atoms with Gasteiger partial charge in [-0.15, -0.1) is 0 Å². The fourth-order valence-corrected chi connectivity index (χ4v) is 3.20. The lowest BCUT2D eigenvalue weighted by molar-refractivity contribution is -0.126. The van der Waals surface area contributed by atoms with Gasteiger partial charge in [0.25, 0.3) is 0 Å². The molecule has 3 nitrogen and oxygen atoms in total. The minimum atomic E-state index is -2.59. The van der Waals surface area contributed by atoms with Gasteiger partial charge in [0.1, 0.15) is 0 Å². The van der Waals surface area contributed by atoms with Crippen molar-refractivity contribution in [3.8, 4) is 0 Å². The molecular formula is C15H18F2N2O. The first-order valence-electron chi connectivity index (χ1n) is 7.04. The number of carbonyl (C=O) groups is 1. The Morgan fingerprint density at radius 1 is 1.30 bits per heavy atom. The Morgan fingerprint density at radius 3 is 2.70 bits per heavy atom. The predicted octanol–water partition coefficient (Wildman–Crippen LogP) is 2.98. The molecule has 1 aliphatic heterocycles. The average molecular weight is 280 g/mol. The third-order valence-electron chi connectivity index (χ3n) is 4.40. The van der Waals surface area contributed by atoms with Crippen LogP contribution in [0.15, 0.2) is 18.2 Å². The molecule has 0 spiro atoms. The number of halogens is 2. The number of hydrogen-bond donors (Lipinski definition) is 1. The second-order valence-corrected chi connectivity index (χ2v) is 5.72. The zero-order chi connectivity index (χ0) is 14.3. The summed E-state index contributed by atoms with van der Waals surface area (Å²) < 4.78 is 26.3. The number of nitrogens with two attached hydrogens (primary N) is 1. The zero-order valence-corrected chi connectivity index (χ0v) is 11.2. The Kier molecular flexibility index (Phi) is 3.15. The summed E-state index contributed by atoms with van der Waals surface area (Å²) in [6.45, 7) is 0.606. The maximum Gasteiger partial charge on any atom is 0.248 e. The van der Waals surface area contributed by atoms with Crippen LogP contribution in [0.2, 0.25) is 0 Å². The number of anilines is 2. The molecule has 1 heterocycles. The number of alkyl halides is 2. The highest BCUT2D eigenvalue weighted by atomic mass is 19.3. The van der Waals surface area contributed by atoms with Crippen LogP contribution < -0.4 is 10.6 Å². The Morgan fingerprint density at radius 2 is 2.00 bits per heavy atom. The molecule has 0 bridgehead atoms. The van der Waals surface area contributed by atoms with Crippen LogP contribution in [0.4, 0.5) is 20.2 Å². The van der Waals surface area contributed by atoms with Gasteiger partial charge >= 0.3 is 0 Å². The fourth-order valence-electron chi connectivity index (χ4n) is 3.20. The van der Waals surface area contributed by atoms with Gasteiger partial charge in [0.2, 0.25) is 11.8 Å². The third kappa shape index (κ3) is 2.25. The van der Waals surface area contributed by atoms with Gasteiger partial charge in [-0.25, -0.2) is 8.78 Å². The number of nitrogen functional groups attached to an aromatic ring is 1. The van der Waals surface area contributed by atoms with E-state index in [1.807, 2.05) is 18.2 Å². The van der Waals surface area contributed by atoms with Gasteiger partial charge in [0.05, 0.1) is 0 Å². The van der Waals surface area contributed by atoms with Crippen molar-refractivity contribution in [2.75, 3.05) is 17.2 Å². The van der Waals surface area contributed by atoms with E-state index in [9.17, 15) is 13.6 Å². The maximum absolute atomic E-state index is 13.2. The van der Waals surface area contributed by atoms with Crippen LogP contribution in [0.3, 0.4) is 0 Å². The average Bonchev–Trinajstić information content (AvgIpc) is 2.83. The summed E-state index contributed by atoms with van der Waals surface area (Å²) in [5, 5.41) is 0. The molecule has 1 aromatic rings. The molecule has 1 aliphatic carbocycles.